The lowest BCUT2D eigenvalue weighted by atomic mass is 10.2. The first-order chi connectivity index (χ1) is 8.00. The zero-order valence-electron chi connectivity index (χ0n) is 10.5. The quantitative estimate of drug-likeness (QED) is 0.789. The van der Waals surface area contributed by atoms with Crippen molar-refractivity contribution in [1.82, 2.24) is 10.3 Å². The van der Waals surface area contributed by atoms with Gasteiger partial charge < -0.3 is 15.3 Å². The number of carbonyl (C=O) groups excluding carboxylic acids is 1. The zero-order valence-corrected chi connectivity index (χ0v) is 10.5. The Hall–Kier alpha value is -1.62. The molecule has 0 aliphatic heterocycles. The molecule has 5 nitrogen and oxygen atoms in total. The molecule has 0 fully saturated rings. The second-order valence-electron chi connectivity index (χ2n) is 4.19. The van der Waals surface area contributed by atoms with Gasteiger partial charge in [0.2, 0.25) is 0 Å². The first kappa shape index (κ1) is 13.4. The van der Waals surface area contributed by atoms with E-state index in [0.717, 1.165) is 5.82 Å². The Kier molecular flexibility index (Phi) is 4.90. The highest BCUT2D eigenvalue weighted by Crippen LogP contribution is 2.07. The van der Waals surface area contributed by atoms with Crippen LogP contribution in [0.25, 0.3) is 0 Å². The summed E-state index contributed by atoms with van der Waals surface area (Å²) in [6, 6.07) is 3.53. The molecule has 0 saturated carbocycles. The molecule has 5 heteroatoms. The number of nitrogens with zero attached hydrogens (tertiary/aromatic N) is 2. The fraction of sp³-hybridized carbons (Fsp3) is 0.500. The summed E-state index contributed by atoms with van der Waals surface area (Å²) in [6.07, 6.45) is 1.70. The van der Waals surface area contributed by atoms with Gasteiger partial charge in [-0.1, -0.05) is 0 Å². The average Bonchev–Trinajstić information content (AvgIpc) is 2.28. The summed E-state index contributed by atoms with van der Waals surface area (Å²) >= 11 is 0. The van der Waals surface area contributed by atoms with Crippen molar-refractivity contribution in [2.75, 3.05) is 25.5 Å². The molecular formula is C12H19N3O2. The fourth-order valence-electron chi connectivity index (χ4n) is 1.28. The molecule has 2 N–H and O–H groups in total. The summed E-state index contributed by atoms with van der Waals surface area (Å²) < 4.78 is 0. The van der Waals surface area contributed by atoms with E-state index in [1.807, 2.05) is 19.0 Å². The maximum Gasteiger partial charge on any atom is 0.252 e. The van der Waals surface area contributed by atoms with Gasteiger partial charge in [0.15, 0.2) is 0 Å². The zero-order chi connectivity index (χ0) is 12.8. The third-order valence-electron chi connectivity index (χ3n) is 2.32. The third-order valence-corrected chi connectivity index (χ3v) is 2.32. The number of nitrogens with one attached hydrogen (secondary N) is 1. The normalized spacial score (nSPS) is 12.0. The number of carbonyl (C=O) groups is 1. The lowest BCUT2D eigenvalue weighted by Crippen LogP contribution is -2.26. The molecule has 1 aromatic heterocycles. The third kappa shape index (κ3) is 4.40. The maximum absolute atomic E-state index is 11.7. The molecule has 0 aliphatic carbocycles. The molecule has 1 heterocycles. The van der Waals surface area contributed by atoms with Gasteiger partial charge in [-0.25, -0.2) is 4.98 Å². The van der Waals surface area contributed by atoms with E-state index < -0.39 is 6.10 Å². The predicted molar refractivity (Wildman–Crippen MR) is 67.2 cm³/mol. The van der Waals surface area contributed by atoms with E-state index in [1.54, 1.807) is 25.3 Å². The van der Waals surface area contributed by atoms with Crippen molar-refractivity contribution in [1.29, 1.82) is 0 Å². The van der Waals surface area contributed by atoms with E-state index in [1.165, 1.54) is 0 Å². The second kappa shape index (κ2) is 6.20. The lowest BCUT2D eigenvalue weighted by Gasteiger charge is -2.11. The van der Waals surface area contributed by atoms with Crippen LogP contribution in [0.2, 0.25) is 0 Å². The van der Waals surface area contributed by atoms with Crippen LogP contribution in [-0.4, -0.2) is 42.7 Å². The van der Waals surface area contributed by atoms with Crippen LogP contribution in [-0.2, 0) is 0 Å². The van der Waals surface area contributed by atoms with Gasteiger partial charge in [0.05, 0.1) is 11.7 Å². The minimum Gasteiger partial charge on any atom is -0.393 e. The van der Waals surface area contributed by atoms with E-state index in [4.69, 9.17) is 5.11 Å². The molecule has 0 aromatic carbocycles. The summed E-state index contributed by atoms with van der Waals surface area (Å²) in [5.41, 5.74) is 0.529. The molecule has 0 spiro atoms. The number of hydrogen-bond donors (Lipinski definition) is 2. The van der Waals surface area contributed by atoms with Crippen molar-refractivity contribution >= 4 is 11.7 Å². The molecule has 0 aliphatic rings. The Morgan fingerprint density at radius 3 is 2.71 bits per heavy atom. The summed E-state index contributed by atoms with van der Waals surface area (Å²) in [4.78, 5) is 17.7. The van der Waals surface area contributed by atoms with E-state index in [2.05, 4.69) is 10.3 Å². The van der Waals surface area contributed by atoms with Crippen LogP contribution in [0, 0.1) is 0 Å². The fourth-order valence-corrected chi connectivity index (χ4v) is 1.28. The van der Waals surface area contributed by atoms with Gasteiger partial charge in [-0.2, -0.15) is 0 Å². The SMILES string of the molecule is CC(O)CCNC(=O)c1ccc(N(C)C)nc1. The molecule has 1 amide bonds. The Morgan fingerprint density at radius 1 is 1.53 bits per heavy atom. The van der Waals surface area contributed by atoms with Gasteiger partial charge in [-0.3, -0.25) is 4.79 Å². The number of hydrogen-bond acceptors (Lipinski definition) is 4. The van der Waals surface area contributed by atoms with Gasteiger partial charge in [-0.15, -0.1) is 0 Å². The molecule has 1 unspecified atom stereocenters. The van der Waals surface area contributed by atoms with Crippen LogP contribution in [0.15, 0.2) is 18.3 Å². The molecule has 0 saturated heterocycles. The predicted octanol–water partition coefficient (Wildman–Crippen LogP) is 0.648. The van der Waals surface area contributed by atoms with Crippen molar-refractivity contribution in [2.24, 2.45) is 0 Å². The lowest BCUT2D eigenvalue weighted by molar-refractivity contribution is 0.0945. The topological polar surface area (TPSA) is 65.5 Å². The largest absolute Gasteiger partial charge is 0.393 e. The van der Waals surface area contributed by atoms with Crippen LogP contribution in [0.3, 0.4) is 0 Å². The molecule has 17 heavy (non-hydrogen) atoms. The molecule has 1 aromatic rings. The van der Waals surface area contributed by atoms with Crippen LogP contribution in [0.5, 0.6) is 0 Å². The Morgan fingerprint density at radius 2 is 2.24 bits per heavy atom. The molecule has 0 radical (unpaired) electrons. The Balaban J connectivity index is 2.52. The summed E-state index contributed by atoms with van der Waals surface area (Å²) in [6.45, 7) is 2.16. The van der Waals surface area contributed by atoms with E-state index >= 15 is 0 Å². The first-order valence-corrected chi connectivity index (χ1v) is 5.60. The van der Waals surface area contributed by atoms with Crippen molar-refractivity contribution in [3.05, 3.63) is 23.9 Å². The van der Waals surface area contributed by atoms with Crippen molar-refractivity contribution in [2.45, 2.75) is 19.4 Å². The Bertz CT molecular complexity index is 361. The van der Waals surface area contributed by atoms with Gasteiger partial charge in [-0.05, 0) is 25.5 Å². The molecule has 1 rings (SSSR count). The summed E-state index contributed by atoms with van der Waals surface area (Å²) in [7, 11) is 3.79. The number of aliphatic hydroxyl groups is 1. The van der Waals surface area contributed by atoms with Gasteiger partial charge in [0.1, 0.15) is 5.82 Å². The van der Waals surface area contributed by atoms with E-state index in [0.29, 0.717) is 18.5 Å². The average molecular weight is 237 g/mol. The monoisotopic (exact) mass is 237 g/mol. The number of pyridine rings is 1. The maximum atomic E-state index is 11.7. The van der Waals surface area contributed by atoms with Crippen molar-refractivity contribution in [3.63, 3.8) is 0 Å². The van der Waals surface area contributed by atoms with Gasteiger partial charge >= 0.3 is 0 Å². The van der Waals surface area contributed by atoms with Crippen LogP contribution in [0.1, 0.15) is 23.7 Å². The first-order valence-electron chi connectivity index (χ1n) is 5.60. The molecule has 94 valence electrons. The van der Waals surface area contributed by atoms with E-state index in [9.17, 15) is 4.79 Å². The van der Waals surface area contributed by atoms with Crippen molar-refractivity contribution < 1.29 is 9.90 Å². The minimum atomic E-state index is -0.399. The summed E-state index contributed by atoms with van der Waals surface area (Å²) in [5, 5.41) is 11.8. The smallest absolute Gasteiger partial charge is 0.252 e. The van der Waals surface area contributed by atoms with Crippen LogP contribution in [0.4, 0.5) is 5.82 Å². The highest BCUT2D eigenvalue weighted by molar-refractivity contribution is 5.94. The highest BCUT2D eigenvalue weighted by atomic mass is 16.3. The minimum absolute atomic E-state index is 0.163. The summed E-state index contributed by atoms with van der Waals surface area (Å²) in [5.74, 6) is 0.647. The number of aromatic nitrogens is 1. The van der Waals surface area contributed by atoms with Crippen LogP contribution < -0.4 is 10.2 Å². The van der Waals surface area contributed by atoms with E-state index in [-0.39, 0.29) is 5.91 Å². The molecule has 1 atom stereocenters. The van der Waals surface area contributed by atoms with Gasteiger partial charge in [0.25, 0.3) is 5.91 Å². The Labute approximate surface area is 101 Å². The van der Waals surface area contributed by atoms with Crippen molar-refractivity contribution in [3.8, 4) is 0 Å². The second-order valence-corrected chi connectivity index (χ2v) is 4.19. The number of anilines is 1. The highest BCUT2D eigenvalue weighted by Gasteiger charge is 2.06. The molecular weight excluding hydrogens is 218 g/mol. The molecule has 0 bridgehead atoms. The number of aliphatic hydroxyl groups excluding tert-OH is 1. The standard InChI is InChI=1S/C12H19N3O2/c1-9(16)6-7-13-12(17)10-4-5-11(14-8-10)15(2)3/h4-5,8-9,16H,6-7H2,1-3H3,(H,13,17). The van der Waals surface area contributed by atoms with Crippen LogP contribution >= 0.6 is 0 Å². The number of amides is 1. The number of rotatable bonds is 5. The van der Waals surface area contributed by atoms with Gasteiger partial charge in [0, 0.05) is 26.8 Å².